The van der Waals surface area contributed by atoms with Gasteiger partial charge in [0, 0.05) is 16.1 Å². The van der Waals surface area contributed by atoms with E-state index in [1.54, 1.807) is 43.9 Å². The molecular formula is C25H31Cl2NO4S. The summed E-state index contributed by atoms with van der Waals surface area (Å²) in [7, 11) is -3.49. The van der Waals surface area contributed by atoms with Crippen molar-refractivity contribution in [3.8, 4) is 0 Å². The van der Waals surface area contributed by atoms with E-state index in [-0.39, 0.29) is 24.2 Å². The lowest BCUT2D eigenvalue weighted by Gasteiger charge is -2.47. The molecule has 0 saturated carbocycles. The van der Waals surface area contributed by atoms with E-state index in [2.05, 4.69) is 0 Å². The van der Waals surface area contributed by atoms with Gasteiger partial charge in [0.2, 0.25) is 5.91 Å². The third-order valence-corrected chi connectivity index (χ3v) is 9.23. The summed E-state index contributed by atoms with van der Waals surface area (Å²) in [5.74, 6) is -0.471. The molecule has 0 aromatic heterocycles. The van der Waals surface area contributed by atoms with Crippen molar-refractivity contribution < 1.29 is 17.9 Å². The van der Waals surface area contributed by atoms with Crippen LogP contribution in [-0.4, -0.2) is 42.4 Å². The lowest BCUT2D eigenvalue weighted by Crippen LogP contribution is -2.55. The molecular weight excluding hydrogens is 481 g/mol. The highest BCUT2D eigenvalue weighted by atomic mass is 35.5. The van der Waals surface area contributed by atoms with Gasteiger partial charge in [-0.05, 0) is 62.1 Å². The van der Waals surface area contributed by atoms with E-state index in [9.17, 15) is 13.2 Å². The van der Waals surface area contributed by atoms with Crippen LogP contribution in [0.2, 0.25) is 10.0 Å². The number of rotatable bonds is 6. The number of hydrogen-bond donors (Lipinski definition) is 0. The molecule has 0 spiro atoms. The van der Waals surface area contributed by atoms with Crippen LogP contribution in [0, 0.1) is 5.92 Å². The maximum atomic E-state index is 13.3. The van der Waals surface area contributed by atoms with Gasteiger partial charge in [0.1, 0.15) is 12.7 Å². The number of ether oxygens (including phenoxy) is 1. The molecule has 1 amide bonds. The van der Waals surface area contributed by atoms with E-state index in [4.69, 9.17) is 27.9 Å². The van der Waals surface area contributed by atoms with Crippen molar-refractivity contribution in [1.82, 2.24) is 4.90 Å². The maximum absolute atomic E-state index is 13.3. The Kier molecular flexibility index (Phi) is 7.84. The van der Waals surface area contributed by atoms with Crippen molar-refractivity contribution in [1.29, 1.82) is 0 Å². The van der Waals surface area contributed by atoms with Crippen LogP contribution in [0.5, 0.6) is 0 Å². The summed E-state index contributed by atoms with van der Waals surface area (Å²) in [6.45, 7) is 8.81. The molecule has 0 aliphatic carbocycles. The molecule has 180 valence electrons. The van der Waals surface area contributed by atoms with Gasteiger partial charge >= 0.3 is 0 Å². The molecule has 3 atom stereocenters. The second-order valence-corrected chi connectivity index (χ2v) is 13.4. The minimum Gasteiger partial charge on any atom is -0.361 e. The Labute approximate surface area is 206 Å². The van der Waals surface area contributed by atoms with Crippen molar-refractivity contribution in [3.05, 3.63) is 69.7 Å². The van der Waals surface area contributed by atoms with Crippen LogP contribution in [0.25, 0.3) is 0 Å². The van der Waals surface area contributed by atoms with Crippen LogP contribution in [0.3, 0.4) is 0 Å². The SMILES string of the molecule is CC(C)C(CS(=O)(=O)C(C)(C)C)N1C(=O)COC(c2cccc(Cl)c2)C1c1ccc(Cl)cc1. The molecule has 2 aromatic carbocycles. The topological polar surface area (TPSA) is 63.7 Å². The summed E-state index contributed by atoms with van der Waals surface area (Å²) in [6, 6.07) is 13.5. The van der Waals surface area contributed by atoms with Crippen molar-refractivity contribution in [2.45, 2.75) is 57.6 Å². The fraction of sp³-hybridized carbons (Fsp3) is 0.480. The highest BCUT2D eigenvalue weighted by Crippen LogP contribution is 2.43. The predicted octanol–water partition coefficient (Wildman–Crippen LogP) is 5.87. The van der Waals surface area contributed by atoms with Crippen molar-refractivity contribution in [3.63, 3.8) is 0 Å². The fourth-order valence-corrected chi connectivity index (χ4v) is 5.87. The maximum Gasteiger partial charge on any atom is 0.249 e. The van der Waals surface area contributed by atoms with Gasteiger partial charge in [0.25, 0.3) is 0 Å². The third kappa shape index (κ3) is 5.73. The molecule has 1 aliphatic heterocycles. The van der Waals surface area contributed by atoms with E-state index >= 15 is 0 Å². The molecule has 1 aliphatic rings. The first-order valence-electron chi connectivity index (χ1n) is 11.0. The van der Waals surface area contributed by atoms with Crippen LogP contribution in [0.15, 0.2) is 48.5 Å². The number of nitrogens with zero attached hydrogens (tertiary/aromatic N) is 1. The van der Waals surface area contributed by atoms with Crippen molar-refractivity contribution >= 4 is 38.9 Å². The molecule has 3 unspecified atom stereocenters. The molecule has 8 heteroatoms. The van der Waals surface area contributed by atoms with E-state index in [1.807, 2.05) is 44.2 Å². The number of halogens is 2. The smallest absolute Gasteiger partial charge is 0.249 e. The molecule has 0 bridgehead atoms. The zero-order chi connectivity index (χ0) is 24.6. The van der Waals surface area contributed by atoms with Gasteiger partial charge in [-0.25, -0.2) is 8.42 Å². The van der Waals surface area contributed by atoms with Gasteiger partial charge in [-0.15, -0.1) is 0 Å². The average Bonchev–Trinajstić information content (AvgIpc) is 2.72. The van der Waals surface area contributed by atoms with Crippen molar-refractivity contribution in [2.24, 2.45) is 5.92 Å². The third-order valence-electron chi connectivity index (χ3n) is 6.10. The molecule has 1 saturated heterocycles. The molecule has 0 N–H and O–H groups in total. The summed E-state index contributed by atoms with van der Waals surface area (Å²) in [6.07, 6.45) is -0.513. The van der Waals surface area contributed by atoms with E-state index < -0.39 is 32.8 Å². The van der Waals surface area contributed by atoms with Crippen LogP contribution < -0.4 is 0 Å². The number of sulfone groups is 1. The second kappa shape index (κ2) is 9.95. The van der Waals surface area contributed by atoms with Crippen molar-refractivity contribution in [2.75, 3.05) is 12.4 Å². The predicted molar refractivity (Wildman–Crippen MR) is 133 cm³/mol. The lowest BCUT2D eigenvalue weighted by molar-refractivity contribution is -0.164. The van der Waals surface area contributed by atoms with E-state index in [0.29, 0.717) is 10.0 Å². The zero-order valence-corrected chi connectivity index (χ0v) is 21.9. The van der Waals surface area contributed by atoms with Crippen LogP contribution in [0.1, 0.15) is 57.9 Å². The first-order chi connectivity index (χ1) is 15.3. The van der Waals surface area contributed by atoms with Gasteiger partial charge in [0.15, 0.2) is 9.84 Å². The lowest BCUT2D eigenvalue weighted by atomic mass is 9.90. The Balaban J connectivity index is 2.15. The molecule has 0 radical (unpaired) electrons. The number of amides is 1. The monoisotopic (exact) mass is 511 g/mol. The minimum absolute atomic E-state index is 0.0982. The Morgan fingerprint density at radius 1 is 1.03 bits per heavy atom. The summed E-state index contributed by atoms with van der Waals surface area (Å²) in [5, 5.41) is 1.13. The highest BCUT2D eigenvalue weighted by molar-refractivity contribution is 7.92. The minimum atomic E-state index is -3.49. The average molecular weight is 512 g/mol. The Bertz CT molecular complexity index is 1090. The number of hydrogen-bond acceptors (Lipinski definition) is 4. The molecule has 5 nitrogen and oxygen atoms in total. The largest absolute Gasteiger partial charge is 0.361 e. The van der Waals surface area contributed by atoms with Gasteiger partial charge < -0.3 is 9.64 Å². The molecule has 33 heavy (non-hydrogen) atoms. The second-order valence-electron chi connectivity index (χ2n) is 9.79. The number of morpholine rings is 1. The Morgan fingerprint density at radius 3 is 2.21 bits per heavy atom. The van der Waals surface area contributed by atoms with E-state index in [0.717, 1.165) is 11.1 Å². The Hall–Kier alpha value is -1.60. The van der Waals surface area contributed by atoms with Gasteiger partial charge in [-0.2, -0.15) is 0 Å². The Morgan fingerprint density at radius 2 is 1.67 bits per heavy atom. The van der Waals surface area contributed by atoms with Gasteiger partial charge in [-0.3, -0.25) is 4.79 Å². The molecule has 2 aromatic rings. The summed E-state index contributed by atoms with van der Waals surface area (Å²) in [5.41, 5.74) is 1.64. The molecule has 1 heterocycles. The highest BCUT2D eigenvalue weighted by Gasteiger charge is 2.45. The zero-order valence-electron chi connectivity index (χ0n) is 19.6. The van der Waals surface area contributed by atoms with Gasteiger partial charge in [0.05, 0.1) is 16.5 Å². The summed E-state index contributed by atoms with van der Waals surface area (Å²) < 4.78 is 31.5. The standard InChI is InChI=1S/C25H31Cl2NO4S/c1-16(2)21(15-33(30,31)25(3,4)5)28-22(29)14-32-24(18-7-6-8-20(27)13-18)23(28)17-9-11-19(26)12-10-17/h6-13,16,21,23-24H,14-15H2,1-5H3. The summed E-state index contributed by atoms with van der Waals surface area (Å²) in [4.78, 5) is 15.0. The van der Waals surface area contributed by atoms with Crippen LogP contribution in [-0.2, 0) is 19.4 Å². The quantitative estimate of drug-likeness (QED) is 0.486. The normalized spacial score (nSPS) is 20.8. The van der Waals surface area contributed by atoms with Crippen LogP contribution in [0.4, 0.5) is 0 Å². The number of benzene rings is 2. The molecule has 1 fully saturated rings. The fourth-order valence-electron chi connectivity index (χ4n) is 4.05. The first-order valence-corrected chi connectivity index (χ1v) is 13.4. The number of carbonyl (C=O) groups excluding carboxylic acids is 1. The first kappa shape index (κ1) is 26.0. The number of carbonyl (C=O) groups is 1. The molecule has 3 rings (SSSR count). The van der Waals surface area contributed by atoms with Crippen LogP contribution >= 0.6 is 23.2 Å². The summed E-state index contributed by atoms with van der Waals surface area (Å²) >= 11 is 12.4. The van der Waals surface area contributed by atoms with E-state index in [1.165, 1.54) is 0 Å². The van der Waals surface area contributed by atoms with Gasteiger partial charge in [-0.1, -0.05) is 61.3 Å².